The molecule has 0 spiro atoms. The smallest absolute Gasteiger partial charge is 0.259 e. The molecule has 0 bridgehead atoms. The molecule has 0 atom stereocenters. The zero-order valence-corrected chi connectivity index (χ0v) is 20.4. The van der Waals surface area contributed by atoms with E-state index < -0.39 is 0 Å². The van der Waals surface area contributed by atoms with E-state index in [0.717, 1.165) is 11.1 Å². The second-order valence-corrected chi connectivity index (χ2v) is 8.56. The standard InChI is InChI=1S/C27H25ClN4O3/c1-31(2)27(34)22-14-11-20(15-24(22)28)29-26(33)23-17-32(16-18-7-5-4-6-8-18)30-25(23)19-9-12-21(35-3)13-10-19/h4-15,17H,16H2,1-3H3,(H,29,33). The number of nitrogens with one attached hydrogen (secondary N) is 1. The van der Waals surface area contributed by atoms with Crippen LogP contribution in [0, 0.1) is 0 Å². The molecule has 0 saturated heterocycles. The van der Waals surface area contributed by atoms with E-state index in [1.807, 2.05) is 54.6 Å². The molecule has 0 aliphatic rings. The lowest BCUT2D eigenvalue weighted by molar-refractivity contribution is 0.0827. The number of rotatable bonds is 7. The topological polar surface area (TPSA) is 76.5 Å². The van der Waals surface area contributed by atoms with E-state index in [1.54, 1.807) is 50.3 Å². The average Bonchev–Trinajstić information content (AvgIpc) is 3.28. The molecule has 0 aliphatic heterocycles. The van der Waals surface area contributed by atoms with E-state index in [2.05, 4.69) is 5.32 Å². The lowest BCUT2D eigenvalue weighted by Crippen LogP contribution is -2.22. The first kappa shape index (κ1) is 24.0. The fourth-order valence-corrected chi connectivity index (χ4v) is 3.87. The van der Waals surface area contributed by atoms with Crippen LogP contribution in [0.3, 0.4) is 0 Å². The van der Waals surface area contributed by atoms with Crippen LogP contribution in [0.4, 0.5) is 5.69 Å². The van der Waals surface area contributed by atoms with Gasteiger partial charge in [-0.1, -0.05) is 41.9 Å². The number of amides is 2. The van der Waals surface area contributed by atoms with Crippen molar-refractivity contribution in [3.8, 4) is 17.0 Å². The predicted molar refractivity (Wildman–Crippen MR) is 137 cm³/mol. The third-order valence-corrected chi connectivity index (χ3v) is 5.73. The molecular weight excluding hydrogens is 464 g/mol. The number of anilines is 1. The molecule has 8 heteroatoms. The Morgan fingerprint density at radius 1 is 1.00 bits per heavy atom. The van der Waals surface area contributed by atoms with Gasteiger partial charge < -0.3 is 15.0 Å². The monoisotopic (exact) mass is 488 g/mol. The minimum atomic E-state index is -0.335. The van der Waals surface area contributed by atoms with Crippen LogP contribution in [0.1, 0.15) is 26.3 Å². The predicted octanol–water partition coefficient (Wildman–Crippen LogP) is 5.21. The molecular formula is C27H25ClN4O3. The Labute approximate surface area is 208 Å². The largest absolute Gasteiger partial charge is 0.497 e. The zero-order chi connectivity index (χ0) is 24.9. The van der Waals surface area contributed by atoms with Crippen LogP contribution in [-0.4, -0.2) is 47.7 Å². The van der Waals surface area contributed by atoms with Gasteiger partial charge in [0.1, 0.15) is 11.4 Å². The number of methoxy groups -OCH3 is 1. The van der Waals surface area contributed by atoms with Gasteiger partial charge in [0, 0.05) is 31.5 Å². The minimum absolute atomic E-state index is 0.211. The molecule has 35 heavy (non-hydrogen) atoms. The molecule has 4 aromatic rings. The summed E-state index contributed by atoms with van der Waals surface area (Å²) < 4.78 is 7.00. The maximum atomic E-state index is 13.3. The van der Waals surface area contributed by atoms with Crippen molar-refractivity contribution >= 4 is 29.1 Å². The summed E-state index contributed by atoms with van der Waals surface area (Å²) in [6, 6.07) is 22.1. The van der Waals surface area contributed by atoms with E-state index in [-0.39, 0.29) is 16.8 Å². The minimum Gasteiger partial charge on any atom is -0.497 e. The van der Waals surface area contributed by atoms with E-state index in [9.17, 15) is 9.59 Å². The van der Waals surface area contributed by atoms with Crippen LogP contribution >= 0.6 is 11.6 Å². The summed E-state index contributed by atoms with van der Waals surface area (Å²) in [5, 5.41) is 7.85. The highest BCUT2D eigenvalue weighted by atomic mass is 35.5. The fraction of sp³-hybridized carbons (Fsp3) is 0.148. The van der Waals surface area contributed by atoms with Gasteiger partial charge in [-0.05, 0) is 48.0 Å². The molecule has 0 saturated carbocycles. The average molecular weight is 489 g/mol. The molecule has 1 N–H and O–H groups in total. The third kappa shape index (κ3) is 5.53. The Balaban J connectivity index is 1.65. The maximum absolute atomic E-state index is 13.3. The molecule has 0 aliphatic carbocycles. The van der Waals surface area contributed by atoms with E-state index in [0.29, 0.717) is 34.8 Å². The van der Waals surface area contributed by atoms with E-state index >= 15 is 0 Å². The molecule has 178 valence electrons. The summed E-state index contributed by atoms with van der Waals surface area (Å²) in [5.41, 5.74) is 3.65. The number of ether oxygens (including phenoxy) is 1. The lowest BCUT2D eigenvalue weighted by atomic mass is 10.1. The van der Waals surface area contributed by atoms with Crippen molar-refractivity contribution in [2.24, 2.45) is 0 Å². The van der Waals surface area contributed by atoms with Crippen molar-refractivity contribution in [1.82, 2.24) is 14.7 Å². The van der Waals surface area contributed by atoms with Crippen LogP contribution in [0.15, 0.2) is 79.0 Å². The van der Waals surface area contributed by atoms with Gasteiger partial charge in [0.05, 0.1) is 29.8 Å². The van der Waals surface area contributed by atoms with Gasteiger partial charge in [-0.15, -0.1) is 0 Å². The van der Waals surface area contributed by atoms with Crippen LogP contribution < -0.4 is 10.1 Å². The summed E-state index contributed by atoms with van der Waals surface area (Å²) in [5.74, 6) is 0.167. The van der Waals surface area contributed by atoms with Crippen molar-refractivity contribution in [2.45, 2.75) is 6.54 Å². The number of hydrogen-bond acceptors (Lipinski definition) is 4. The lowest BCUT2D eigenvalue weighted by Gasteiger charge is -2.13. The van der Waals surface area contributed by atoms with Crippen LogP contribution in [0.2, 0.25) is 5.02 Å². The fourth-order valence-electron chi connectivity index (χ4n) is 3.61. The Morgan fingerprint density at radius 2 is 1.71 bits per heavy atom. The summed E-state index contributed by atoms with van der Waals surface area (Å²) >= 11 is 6.32. The Morgan fingerprint density at radius 3 is 2.34 bits per heavy atom. The van der Waals surface area contributed by atoms with Gasteiger partial charge in [-0.2, -0.15) is 5.10 Å². The van der Waals surface area contributed by atoms with Gasteiger partial charge in [0.15, 0.2) is 0 Å². The van der Waals surface area contributed by atoms with Crippen molar-refractivity contribution < 1.29 is 14.3 Å². The second-order valence-electron chi connectivity index (χ2n) is 8.15. The number of carbonyl (C=O) groups excluding carboxylic acids is 2. The molecule has 1 aromatic heterocycles. The van der Waals surface area contributed by atoms with Crippen molar-refractivity contribution in [3.63, 3.8) is 0 Å². The van der Waals surface area contributed by atoms with Crippen molar-refractivity contribution in [1.29, 1.82) is 0 Å². The van der Waals surface area contributed by atoms with Crippen LogP contribution in [0.25, 0.3) is 11.3 Å². The summed E-state index contributed by atoms with van der Waals surface area (Å²) in [6.45, 7) is 0.518. The van der Waals surface area contributed by atoms with Gasteiger partial charge in [-0.3, -0.25) is 14.3 Å². The van der Waals surface area contributed by atoms with Gasteiger partial charge >= 0.3 is 0 Å². The molecule has 7 nitrogen and oxygen atoms in total. The highest BCUT2D eigenvalue weighted by Gasteiger charge is 2.20. The van der Waals surface area contributed by atoms with Crippen LogP contribution in [-0.2, 0) is 6.54 Å². The summed E-state index contributed by atoms with van der Waals surface area (Å²) in [7, 11) is 4.91. The third-order valence-electron chi connectivity index (χ3n) is 5.42. The van der Waals surface area contributed by atoms with Crippen molar-refractivity contribution in [2.75, 3.05) is 26.5 Å². The van der Waals surface area contributed by atoms with Gasteiger partial charge in [-0.25, -0.2) is 0 Å². The number of carbonyl (C=O) groups is 2. The molecule has 1 heterocycles. The highest BCUT2D eigenvalue weighted by Crippen LogP contribution is 2.27. The van der Waals surface area contributed by atoms with E-state index in [1.165, 1.54) is 4.90 Å². The quantitative estimate of drug-likeness (QED) is 0.387. The molecule has 3 aromatic carbocycles. The first-order valence-corrected chi connectivity index (χ1v) is 11.3. The zero-order valence-electron chi connectivity index (χ0n) is 19.7. The highest BCUT2D eigenvalue weighted by molar-refractivity contribution is 6.34. The number of nitrogens with zero attached hydrogens (tertiary/aromatic N) is 3. The van der Waals surface area contributed by atoms with E-state index in [4.69, 9.17) is 21.4 Å². The van der Waals surface area contributed by atoms with Crippen molar-refractivity contribution in [3.05, 3.63) is 101 Å². The SMILES string of the molecule is COc1ccc(-c2nn(Cc3ccccc3)cc2C(=O)Nc2ccc(C(=O)N(C)C)c(Cl)c2)cc1. The summed E-state index contributed by atoms with van der Waals surface area (Å²) in [6.07, 6.45) is 1.73. The Bertz CT molecular complexity index is 1350. The summed E-state index contributed by atoms with van der Waals surface area (Å²) in [4.78, 5) is 27.0. The Hall–Kier alpha value is -4.10. The maximum Gasteiger partial charge on any atom is 0.259 e. The number of aromatic nitrogens is 2. The first-order chi connectivity index (χ1) is 16.9. The molecule has 0 unspecified atom stereocenters. The first-order valence-electron chi connectivity index (χ1n) is 10.9. The van der Waals surface area contributed by atoms with Gasteiger partial charge in [0.25, 0.3) is 11.8 Å². The second kappa shape index (κ2) is 10.4. The normalized spacial score (nSPS) is 10.6. The number of benzene rings is 3. The number of halogens is 1. The Kier molecular flexibility index (Phi) is 7.17. The number of hydrogen-bond donors (Lipinski definition) is 1. The molecule has 0 fully saturated rings. The van der Waals surface area contributed by atoms with Crippen LogP contribution in [0.5, 0.6) is 5.75 Å². The molecule has 4 rings (SSSR count). The molecule has 0 radical (unpaired) electrons. The molecule has 2 amide bonds. The van der Waals surface area contributed by atoms with Gasteiger partial charge in [0.2, 0.25) is 0 Å².